The molecule has 1 aliphatic heterocycles. The molecule has 0 aromatic heterocycles. The van der Waals surface area contributed by atoms with Crippen LogP contribution in [-0.4, -0.2) is 31.9 Å². The van der Waals surface area contributed by atoms with Crippen LogP contribution in [0.25, 0.3) is 6.08 Å². The minimum absolute atomic E-state index is 0.469. The van der Waals surface area contributed by atoms with Gasteiger partial charge in [-0.15, -0.1) is 0 Å². The second-order valence-corrected chi connectivity index (χ2v) is 11.2. The molecule has 4 aromatic rings. The van der Waals surface area contributed by atoms with E-state index in [-0.39, 0.29) is 0 Å². The zero-order valence-electron chi connectivity index (χ0n) is 23.9. The van der Waals surface area contributed by atoms with Gasteiger partial charge in [0, 0.05) is 30.0 Å². The van der Waals surface area contributed by atoms with Crippen LogP contribution in [0.1, 0.15) is 41.2 Å². The zero-order chi connectivity index (χ0) is 29.1. The van der Waals surface area contributed by atoms with E-state index in [1.165, 1.54) is 5.56 Å². The predicted octanol–water partition coefficient (Wildman–Crippen LogP) is 7.86. The second-order valence-electron chi connectivity index (χ2n) is 10.3. The summed E-state index contributed by atoms with van der Waals surface area (Å²) in [4.78, 5) is 0. The van der Waals surface area contributed by atoms with Gasteiger partial charge in [-0.2, -0.15) is 0 Å². The number of nitrogens with one attached hydrogen (secondary N) is 3. The first kappa shape index (κ1) is 29.7. The highest BCUT2D eigenvalue weighted by Crippen LogP contribution is 2.36. The maximum Gasteiger partial charge on any atom is 0.143 e. The van der Waals surface area contributed by atoms with E-state index in [0.29, 0.717) is 13.2 Å². The van der Waals surface area contributed by atoms with Crippen LogP contribution >= 0.6 is 15.9 Å². The van der Waals surface area contributed by atoms with Gasteiger partial charge in [-0.25, -0.2) is 0 Å². The molecule has 0 unspecified atom stereocenters. The average molecular weight is 629 g/mol. The number of methoxy groups -OCH3 is 1. The molecule has 6 nitrogen and oxygen atoms in total. The standard InChI is InChI=1S/C35H38BrN3O3/c1-41-33-17-15-28(22-31(33)36)39-27-13-11-25(12-14-27)19-21-37-23-32(40)29-16-18-34(42-24-26-8-4-2-5-9-26)35-30(29)10-6-3-7-20-38-35/h2,4-6,8-18,22,32,37-40H,3,7,19-21,23-24H2,1H3/t32-/m0/s1. The summed E-state index contributed by atoms with van der Waals surface area (Å²) in [7, 11) is 1.66. The normalized spacial score (nSPS) is 13.3. The molecule has 42 heavy (non-hydrogen) atoms. The fourth-order valence-corrected chi connectivity index (χ4v) is 5.55. The molecule has 0 fully saturated rings. The van der Waals surface area contributed by atoms with Gasteiger partial charge >= 0.3 is 0 Å². The molecule has 1 aliphatic rings. The molecule has 4 N–H and O–H groups in total. The first-order valence-corrected chi connectivity index (χ1v) is 15.2. The number of aliphatic hydroxyl groups excluding tert-OH is 1. The lowest BCUT2D eigenvalue weighted by molar-refractivity contribution is 0.175. The maximum absolute atomic E-state index is 11.2. The summed E-state index contributed by atoms with van der Waals surface area (Å²) in [5.41, 5.74) is 7.22. The first-order chi connectivity index (χ1) is 20.6. The molecule has 0 amide bonds. The fraction of sp³-hybridized carbons (Fsp3) is 0.257. The molecule has 1 heterocycles. The highest BCUT2D eigenvalue weighted by atomic mass is 79.9. The molecule has 218 valence electrons. The Hall–Kier alpha value is -3.78. The van der Waals surface area contributed by atoms with Crippen molar-refractivity contribution in [2.24, 2.45) is 0 Å². The quantitative estimate of drug-likeness (QED) is 0.120. The average Bonchev–Trinajstić information content (AvgIpc) is 3.00. The van der Waals surface area contributed by atoms with Crippen molar-refractivity contribution in [3.63, 3.8) is 0 Å². The monoisotopic (exact) mass is 627 g/mol. The van der Waals surface area contributed by atoms with Gasteiger partial charge in [-0.3, -0.25) is 0 Å². The Morgan fingerprint density at radius 3 is 2.50 bits per heavy atom. The first-order valence-electron chi connectivity index (χ1n) is 14.4. The number of hydrogen-bond acceptors (Lipinski definition) is 6. The van der Waals surface area contributed by atoms with Gasteiger partial charge < -0.3 is 30.5 Å². The third kappa shape index (κ3) is 7.94. The van der Waals surface area contributed by atoms with Crippen LogP contribution < -0.4 is 25.4 Å². The summed E-state index contributed by atoms with van der Waals surface area (Å²) in [6.07, 6.45) is 6.60. The van der Waals surface area contributed by atoms with E-state index in [2.05, 4.69) is 80.4 Å². The fourth-order valence-electron chi connectivity index (χ4n) is 5.01. The van der Waals surface area contributed by atoms with Crippen LogP contribution in [0.5, 0.6) is 11.5 Å². The minimum Gasteiger partial charge on any atom is -0.496 e. The van der Waals surface area contributed by atoms with E-state index in [4.69, 9.17) is 9.47 Å². The highest BCUT2D eigenvalue weighted by molar-refractivity contribution is 9.10. The molecule has 0 aliphatic carbocycles. The van der Waals surface area contributed by atoms with E-state index in [9.17, 15) is 5.11 Å². The lowest BCUT2D eigenvalue weighted by atomic mass is 9.97. The SMILES string of the molecule is COc1ccc(Nc2ccc(CCNC[C@H](O)c3ccc(OCc4ccccc4)c4c3C=CCCCN4)cc2)cc1Br. The molecule has 1 atom stereocenters. The van der Waals surface area contributed by atoms with E-state index in [1.807, 2.05) is 48.5 Å². The molecule has 5 rings (SSSR count). The van der Waals surface area contributed by atoms with Crippen LogP contribution in [0.2, 0.25) is 0 Å². The molecular formula is C35H38BrN3O3. The molecule has 0 spiro atoms. The molecule has 0 saturated heterocycles. The van der Waals surface area contributed by atoms with Gasteiger partial charge in [0.1, 0.15) is 18.1 Å². The Morgan fingerprint density at radius 2 is 1.71 bits per heavy atom. The molecule has 0 radical (unpaired) electrons. The molecule has 0 bridgehead atoms. The number of allylic oxidation sites excluding steroid dienone is 1. The van der Waals surface area contributed by atoms with Crippen LogP contribution in [0.15, 0.2) is 95.5 Å². The number of hydrogen-bond donors (Lipinski definition) is 4. The second kappa shape index (κ2) is 14.9. The minimum atomic E-state index is -0.636. The van der Waals surface area contributed by atoms with Gasteiger partial charge in [0.15, 0.2) is 0 Å². The van der Waals surface area contributed by atoms with E-state index >= 15 is 0 Å². The summed E-state index contributed by atoms with van der Waals surface area (Å²) in [5.74, 6) is 1.61. The number of fused-ring (bicyclic) bond motifs is 1. The number of benzene rings is 4. The van der Waals surface area contributed by atoms with Crippen molar-refractivity contribution >= 4 is 39.1 Å². The smallest absolute Gasteiger partial charge is 0.143 e. The van der Waals surface area contributed by atoms with Crippen LogP contribution in [0.3, 0.4) is 0 Å². The lowest BCUT2D eigenvalue weighted by Crippen LogP contribution is -2.24. The Morgan fingerprint density at radius 1 is 0.929 bits per heavy atom. The summed E-state index contributed by atoms with van der Waals surface area (Å²) in [6.45, 7) is 2.60. The van der Waals surface area contributed by atoms with Crippen molar-refractivity contribution in [3.05, 3.63) is 118 Å². The summed E-state index contributed by atoms with van der Waals surface area (Å²) in [6, 6.07) is 28.5. The Labute approximate surface area is 256 Å². The van der Waals surface area contributed by atoms with Gasteiger partial charge in [0.2, 0.25) is 0 Å². The van der Waals surface area contributed by atoms with Crippen molar-refractivity contribution in [1.82, 2.24) is 5.32 Å². The largest absolute Gasteiger partial charge is 0.496 e. The van der Waals surface area contributed by atoms with E-state index in [0.717, 1.165) is 82.1 Å². The number of ether oxygens (including phenoxy) is 2. The van der Waals surface area contributed by atoms with E-state index in [1.54, 1.807) is 7.11 Å². The third-order valence-corrected chi connectivity index (χ3v) is 7.91. The lowest BCUT2D eigenvalue weighted by Gasteiger charge is -2.22. The number of rotatable bonds is 12. The number of anilines is 3. The predicted molar refractivity (Wildman–Crippen MR) is 176 cm³/mol. The van der Waals surface area contributed by atoms with Crippen molar-refractivity contribution in [1.29, 1.82) is 0 Å². The number of aliphatic hydroxyl groups is 1. The number of halogens is 1. The summed E-state index contributed by atoms with van der Waals surface area (Å²) < 4.78 is 12.4. The van der Waals surface area contributed by atoms with Crippen LogP contribution in [0.4, 0.5) is 17.1 Å². The molecule has 7 heteroatoms. The van der Waals surface area contributed by atoms with Crippen molar-refractivity contribution in [2.75, 3.05) is 37.4 Å². The molecule has 0 saturated carbocycles. The zero-order valence-corrected chi connectivity index (χ0v) is 25.5. The van der Waals surface area contributed by atoms with Gasteiger partial charge in [-0.1, -0.05) is 60.7 Å². The van der Waals surface area contributed by atoms with E-state index < -0.39 is 6.10 Å². The van der Waals surface area contributed by atoms with Gasteiger partial charge in [-0.05, 0) is 94.8 Å². The van der Waals surface area contributed by atoms with Crippen LogP contribution in [0, 0.1) is 0 Å². The Bertz CT molecular complexity index is 1480. The van der Waals surface area contributed by atoms with Crippen molar-refractivity contribution < 1.29 is 14.6 Å². The third-order valence-electron chi connectivity index (χ3n) is 7.29. The summed E-state index contributed by atoms with van der Waals surface area (Å²) in [5, 5.41) is 21.6. The van der Waals surface area contributed by atoms with Crippen molar-refractivity contribution in [3.8, 4) is 11.5 Å². The van der Waals surface area contributed by atoms with Gasteiger partial charge in [0.05, 0.1) is 23.4 Å². The topological polar surface area (TPSA) is 74.8 Å². The molecular weight excluding hydrogens is 590 g/mol. The van der Waals surface area contributed by atoms with Gasteiger partial charge in [0.25, 0.3) is 0 Å². The summed E-state index contributed by atoms with van der Waals surface area (Å²) >= 11 is 3.53. The maximum atomic E-state index is 11.2. The van der Waals surface area contributed by atoms with Crippen LogP contribution in [-0.2, 0) is 13.0 Å². The Balaban J connectivity index is 1.16. The van der Waals surface area contributed by atoms with Crippen molar-refractivity contribution in [2.45, 2.75) is 32.0 Å². The molecule has 4 aromatic carbocycles. The Kier molecular flexibility index (Phi) is 10.5. The highest BCUT2D eigenvalue weighted by Gasteiger charge is 2.19.